The van der Waals surface area contributed by atoms with Crippen LogP contribution < -0.4 is 0 Å². The van der Waals surface area contributed by atoms with Crippen molar-refractivity contribution in [1.29, 1.82) is 0 Å². The zero-order valence-electron chi connectivity index (χ0n) is 13.6. The van der Waals surface area contributed by atoms with Gasteiger partial charge in [-0.3, -0.25) is 19.3 Å². The minimum absolute atomic E-state index is 0. The Hall–Kier alpha value is -0.840. The van der Waals surface area contributed by atoms with E-state index in [9.17, 15) is 14.4 Å². The van der Waals surface area contributed by atoms with E-state index in [0.717, 1.165) is 19.3 Å². The van der Waals surface area contributed by atoms with E-state index in [2.05, 4.69) is 0 Å². The lowest BCUT2D eigenvalue weighted by Crippen LogP contribution is -2.32. The van der Waals surface area contributed by atoms with Crippen LogP contribution in [0.15, 0.2) is 0 Å². The molecule has 1 fully saturated rings. The Bertz CT molecular complexity index is 393. The number of amides is 2. The van der Waals surface area contributed by atoms with Crippen molar-refractivity contribution in [2.45, 2.75) is 77.7 Å². The maximum Gasteiger partial charge on any atom is 0.242 e. The lowest BCUT2D eigenvalue weighted by Gasteiger charge is -2.15. The largest absolute Gasteiger partial charge is 0.299 e. The standard InChI is InChI=1S/C16H27NO3S.CH4/c1-11(2)13(18)8-6-5-7-9-17-15(19)10-14(16(17)20)21-12(3)4;/h11-12,14H,5-10H2,1-4H3;1H4. The van der Waals surface area contributed by atoms with Gasteiger partial charge in [-0.1, -0.05) is 41.5 Å². The molecule has 1 heterocycles. The molecule has 1 rings (SSSR count). The minimum atomic E-state index is -0.194. The van der Waals surface area contributed by atoms with Crippen molar-refractivity contribution in [2.75, 3.05) is 6.54 Å². The second kappa shape index (κ2) is 10.0. The summed E-state index contributed by atoms with van der Waals surface area (Å²) in [5, 5.41) is 0.161. The predicted molar refractivity (Wildman–Crippen MR) is 92.9 cm³/mol. The molecule has 2 amide bonds. The first-order valence-electron chi connectivity index (χ1n) is 7.85. The van der Waals surface area contributed by atoms with E-state index in [1.807, 2.05) is 27.7 Å². The third-order valence-corrected chi connectivity index (χ3v) is 4.83. The highest BCUT2D eigenvalue weighted by molar-refractivity contribution is 8.01. The number of unbranched alkanes of at least 4 members (excludes halogenated alkanes) is 2. The lowest BCUT2D eigenvalue weighted by molar-refractivity contribution is -0.138. The Morgan fingerprint density at radius 3 is 2.36 bits per heavy atom. The molecule has 1 atom stereocenters. The first-order chi connectivity index (χ1) is 9.82. The van der Waals surface area contributed by atoms with Crippen LogP contribution in [0.4, 0.5) is 0 Å². The van der Waals surface area contributed by atoms with Crippen LogP contribution >= 0.6 is 11.8 Å². The first-order valence-corrected chi connectivity index (χ1v) is 8.79. The average Bonchev–Trinajstić information content (AvgIpc) is 2.64. The second-order valence-corrected chi connectivity index (χ2v) is 7.98. The third-order valence-electron chi connectivity index (χ3n) is 3.59. The molecule has 0 aromatic rings. The Balaban J connectivity index is 0.00000441. The Morgan fingerprint density at radius 2 is 1.82 bits per heavy atom. The van der Waals surface area contributed by atoms with Gasteiger partial charge in [0.05, 0.1) is 5.25 Å². The third kappa shape index (κ3) is 6.51. The SMILES string of the molecule is C.CC(C)SC1CC(=O)N(CCCCCC(=O)C(C)C)C1=O. The van der Waals surface area contributed by atoms with Gasteiger partial charge in [0.1, 0.15) is 5.78 Å². The summed E-state index contributed by atoms with van der Waals surface area (Å²) < 4.78 is 0. The molecule has 0 aliphatic carbocycles. The van der Waals surface area contributed by atoms with Crippen LogP contribution in [0.25, 0.3) is 0 Å². The van der Waals surface area contributed by atoms with Crippen LogP contribution in [-0.4, -0.2) is 39.5 Å². The fraction of sp³-hybridized carbons (Fsp3) is 0.824. The van der Waals surface area contributed by atoms with E-state index >= 15 is 0 Å². The maximum absolute atomic E-state index is 12.1. The van der Waals surface area contributed by atoms with Gasteiger partial charge in [0, 0.05) is 25.3 Å². The summed E-state index contributed by atoms with van der Waals surface area (Å²) in [6.07, 6.45) is 3.47. The van der Waals surface area contributed by atoms with Gasteiger partial charge in [0.25, 0.3) is 0 Å². The van der Waals surface area contributed by atoms with E-state index in [1.54, 1.807) is 11.8 Å². The predicted octanol–water partition coefficient (Wildman–Crippen LogP) is 3.68. The summed E-state index contributed by atoms with van der Waals surface area (Å²) >= 11 is 1.57. The van der Waals surface area contributed by atoms with Gasteiger partial charge in [-0.05, 0) is 18.1 Å². The number of thioether (sulfide) groups is 1. The molecule has 0 radical (unpaired) electrons. The minimum Gasteiger partial charge on any atom is -0.299 e. The van der Waals surface area contributed by atoms with Crippen LogP contribution in [-0.2, 0) is 14.4 Å². The highest BCUT2D eigenvalue weighted by atomic mass is 32.2. The van der Waals surface area contributed by atoms with Crippen LogP contribution in [0.5, 0.6) is 0 Å². The normalized spacial score (nSPS) is 18.3. The summed E-state index contributed by atoms with van der Waals surface area (Å²) in [6.45, 7) is 8.41. The van der Waals surface area contributed by atoms with Gasteiger partial charge < -0.3 is 0 Å². The van der Waals surface area contributed by atoms with Crippen LogP contribution in [0.1, 0.15) is 67.2 Å². The van der Waals surface area contributed by atoms with E-state index in [0.29, 0.717) is 24.6 Å². The van der Waals surface area contributed by atoms with E-state index in [-0.39, 0.29) is 36.2 Å². The molecule has 1 saturated heterocycles. The van der Waals surface area contributed by atoms with Gasteiger partial charge in [-0.25, -0.2) is 0 Å². The van der Waals surface area contributed by atoms with Crippen LogP contribution in [0.3, 0.4) is 0 Å². The van der Waals surface area contributed by atoms with Gasteiger partial charge in [0.15, 0.2) is 0 Å². The maximum atomic E-state index is 12.1. The Labute approximate surface area is 139 Å². The molecule has 0 aromatic carbocycles. The van der Waals surface area contributed by atoms with E-state index in [1.165, 1.54) is 4.90 Å². The van der Waals surface area contributed by atoms with Crippen LogP contribution in [0, 0.1) is 5.92 Å². The number of imide groups is 1. The fourth-order valence-electron chi connectivity index (χ4n) is 2.36. The topological polar surface area (TPSA) is 54.5 Å². The zero-order chi connectivity index (χ0) is 16.0. The quantitative estimate of drug-likeness (QED) is 0.478. The molecule has 22 heavy (non-hydrogen) atoms. The first kappa shape index (κ1) is 21.2. The number of carbonyl (C=O) groups excluding carboxylic acids is 3. The van der Waals surface area contributed by atoms with Gasteiger partial charge in [0.2, 0.25) is 11.8 Å². The molecule has 5 heteroatoms. The lowest BCUT2D eigenvalue weighted by atomic mass is 10.0. The van der Waals surface area contributed by atoms with Crippen molar-refractivity contribution in [1.82, 2.24) is 4.90 Å². The molecule has 128 valence electrons. The molecule has 1 unspecified atom stereocenters. The summed E-state index contributed by atoms with van der Waals surface area (Å²) in [7, 11) is 0. The van der Waals surface area contributed by atoms with Crippen molar-refractivity contribution in [3.8, 4) is 0 Å². The number of nitrogens with zero attached hydrogens (tertiary/aromatic N) is 1. The second-order valence-electron chi connectivity index (χ2n) is 6.19. The van der Waals surface area contributed by atoms with Gasteiger partial charge in [-0.15, -0.1) is 11.8 Å². The molecule has 1 aliphatic rings. The zero-order valence-corrected chi connectivity index (χ0v) is 14.4. The summed E-state index contributed by atoms with van der Waals surface area (Å²) in [4.78, 5) is 36.9. The molecule has 0 N–H and O–H groups in total. The average molecular weight is 330 g/mol. The van der Waals surface area contributed by atoms with Gasteiger partial charge >= 0.3 is 0 Å². The number of Topliss-reactive ketones (excluding diaryl/α,β-unsaturated/α-hetero) is 1. The fourth-order valence-corrected chi connectivity index (χ4v) is 3.50. The van der Waals surface area contributed by atoms with Crippen molar-refractivity contribution in [2.24, 2.45) is 5.92 Å². The summed E-state index contributed by atoms with van der Waals surface area (Å²) in [6, 6.07) is 0. The van der Waals surface area contributed by atoms with Crippen molar-refractivity contribution < 1.29 is 14.4 Å². The smallest absolute Gasteiger partial charge is 0.242 e. The summed E-state index contributed by atoms with van der Waals surface area (Å²) in [5.41, 5.74) is 0. The molecule has 4 nitrogen and oxygen atoms in total. The summed E-state index contributed by atoms with van der Waals surface area (Å²) in [5.74, 6) is 0.311. The molecular weight excluding hydrogens is 298 g/mol. The number of likely N-dealkylation sites (tertiary alicyclic amines) is 1. The monoisotopic (exact) mass is 329 g/mol. The molecule has 0 spiro atoms. The Kier molecular flexibility index (Phi) is 9.65. The molecule has 0 aromatic heterocycles. The van der Waals surface area contributed by atoms with E-state index < -0.39 is 0 Å². The highest BCUT2D eigenvalue weighted by Gasteiger charge is 2.38. The van der Waals surface area contributed by atoms with Crippen molar-refractivity contribution in [3.05, 3.63) is 0 Å². The number of hydrogen-bond acceptors (Lipinski definition) is 4. The number of carbonyl (C=O) groups is 3. The molecule has 0 bridgehead atoms. The highest BCUT2D eigenvalue weighted by Crippen LogP contribution is 2.28. The van der Waals surface area contributed by atoms with Crippen LogP contribution in [0.2, 0.25) is 0 Å². The Morgan fingerprint density at radius 1 is 1.18 bits per heavy atom. The number of hydrogen-bond donors (Lipinski definition) is 0. The number of rotatable bonds is 9. The molecular formula is C17H31NO3S. The van der Waals surface area contributed by atoms with Crippen molar-refractivity contribution >= 4 is 29.4 Å². The van der Waals surface area contributed by atoms with Gasteiger partial charge in [-0.2, -0.15) is 0 Å². The van der Waals surface area contributed by atoms with Crippen molar-refractivity contribution in [3.63, 3.8) is 0 Å². The number of ketones is 1. The van der Waals surface area contributed by atoms with E-state index in [4.69, 9.17) is 0 Å². The molecule has 1 aliphatic heterocycles. The molecule has 0 saturated carbocycles.